The normalized spacial score (nSPS) is 19.4. The average Bonchev–Trinajstić information content (AvgIpc) is 2.96. The van der Waals surface area contributed by atoms with Crippen LogP contribution in [-0.4, -0.2) is 36.5 Å². The molecule has 1 aliphatic rings. The summed E-state index contributed by atoms with van der Waals surface area (Å²) in [5, 5.41) is 12.5. The van der Waals surface area contributed by atoms with Crippen LogP contribution in [0.4, 0.5) is 0 Å². The van der Waals surface area contributed by atoms with Crippen LogP contribution in [0.15, 0.2) is 42.7 Å². The van der Waals surface area contributed by atoms with Gasteiger partial charge in [0.1, 0.15) is 11.8 Å². The summed E-state index contributed by atoms with van der Waals surface area (Å²) in [5.41, 5.74) is 2.63. The smallest absolute Gasteiger partial charge is 0.223 e. The molecule has 1 aromatic carbocycles. The summed E-state index contributed by atoms with van der Waals surface area (Å²) < 4.78 is 5.25. The van der Waals surface area contributed by atoms with Crippen molar-refractivity contribution < 1.29 is 9.53 Å². The monoisotopic (exact) mass is 350 g/mol. The maximum atomic E-state index is 12.2. The first-order valence-electron chi connectivity index (χ1n) is 8.57. The Morgan fingerprint density at radius 3 is 2.96 bits per heavy atom. The number of ether oxygens (including phenoxy) is 1. The van der Waals surface area contributed by atoms with E-state index in [2.05, 4.69) is 16.4 Å². The maximum Gasteiger partial charge on any atom is 0.223 e. The van der Waals surface area contributed by atoms with Gasteiger partial charge in [0.25, 0.3) is 0 Å². The fraction of sp³-hybridized carbons (Fsp3) is 0.350. The number of carbonyl (C=O) groups excluding carboxylic acids is 1. The number of pyridine rings is 1. The van der Waals surface area contributed by atoms with E-state index >= 15 is 0 Å². The lowest BCUT2D eigenvalue weighted by molar-refractivity contribution is -0.127. The zero-order valence-electron chi connectivity index (χ0n) is 15.0. The molecule has 134 valence electrons. The van der Waals surface area contributed by atoms with Crippen molar-refractivity contribution in [2.75, 3.05) is 20.7 Å². The molecular formula is C20H22N4O2. The van der Waals surface area contributed by atoms with Crippen LogP contribution in [0.5, 0.6) is 5.75 Å². The molecule has 2 heterocycles. The number of hydrogen-bond donors (Lipinski definition) is 1. The molecule has 0 radical (unpaired) electrons. The van der Waals surface area contributed by atoms with Gasteiger partial charge in [-0.1, -0.05) is 12.1 Å². The van der Waals surface area contributed by atoms with E-state index in [0.29, 0.717) is 24.3 Å². The molecule has 6 heteroatoms. The lowest BCUT2D eigenvalue weighted by atomic mass is 9.94. The molecule has 1 amide bonds. The summed E-state index contributed by atoms with van der Waals surface area (Å²) in [6, 6.07) is 11.6. The first kappa shape index (κ1) is 17.9. The number of hydrogen-bond acceptors (Lipinski definition) is 5. The van der Waals surface area contributed by atoms with E-state index in [0.717, 1.165) is 17.7 Å². The van der Waals surface area contributed by atoms with Crippen molar-refractivity contribution in [2.45, 2.75) is 19.0 Å². The molecule has 1 fully saturated rings. The van der Waals surface area contributed by atoms with Crippen LogP contribution in [0, 0.1) is 17.2 Å². The molecule has 2 aromatic rings. The van der Waals surface area contributed by atoms with E-state index in [9.17, 15) is 4.79 Å². The third-order valence-corrected chi connectivity index (χ3v) is 4.84. The molecular weight excluding hydrogens is 328 g/mol. The average molecular weight is 350 g/mol. The Hall–Kier alpha value is -2.91. The van der Waals surface area contributed by atoms with Gasteiger partial charge >= 0.3 is 0 Å². The molecule has 1 aliphatic heterocycles. The van der Waals surface area contributed by atoms with Crippen LogP contribution in [0.2, 0.25) is 0 Å². The minimum absolute atomic E-state index is 0.0409. The molecule has 0 saturated carbocycles. The minimum atomic E-state index is 0.0409. The zero-order valence-corrected chi connectivity index (χ0v) is 15.0. The minimum Gasteiger partial charge on any atom is -0.495 e. The second kappa shape index (κ2) is 7.98. The Morgan fingerprint density at radius 1 is 1.42 bits per heavy atom. The Kier molecular flexibility index (Phi) is 5.49. The van der Waals surface area contributed by atoms with Gasteiger partial charge in [-0.05, 0) is 29.3 Å². The highest BCUT2D eigenvalue weighted by atomic mass is 16.5. The lowest BCUT2D eigenvalue weighted by Crippen LogP contribution is -2.29. The van der Waals surface area contributed by atoms with Gasteiger partial charge in [-0.3, -0.25) is 9.78 Å². The molecule has 0 spiro atoms. The zero-order chi connectivity index (χ0) is 18.5. The van der Waals surface area contributed by atoms with Gasteiger partial charge < -0.3 is 15.0 Å². The largest absolute Gasteiger partial charge is 0.495 e. The van der Waals surface area contributed by atoms with Crippen molar-refractivity contribution in [3.05, 3.63) is 59.4 Å². The highest BCUT2D eigenvalue weighted by Crippen LogP contribution is 2.36. The van der Waals surface area contributed by atoms with Crippen LogP contribution >= 0.6 is 0 Å². The van der Waals surface area contributed by atoms with Crippen molar-refractivity contribution >= 4 is 5.91 Å². The number of amides is 1. The summed E-state index contributed by atoms with van der Waals surface area (Å²) in [4.78, 5) is 18.2. The molecule has 1 N–H and O–H groups in total. The number of methoxy groups -OCH3 is 1. The third kappa shape index (κ3) is 3.68. The predicted molar refractivity (Wildman–Crippen MR) is 97.3 cm³/mol. The van der Waals surface area contributed by atoms with E-state index < -0.39 is 0 Å². The molecule has 6 nitrogen and oxygen atoms in total. The van der Waals surface area contributed by atoms with Crippen molar-refractivity contribution in [1.82, 2.24) is 15.2 Å². The van der Waals surface area contributed by atoms with Crippen LogP contribution in [-0.2, 0) is 11.3 Å². The van der Waals surface area contributed by atoms with Gasteiger partial charge in [-0.2, -0.15) is 5.26 Å². The summed E-state index contributed by atoms with van der Waals surface area (Å²) in [5.74, 6) is 0.929. The number of carbonyl (C=O) groups is 1. The fourth-order valence-electron chi connectivity index (χ4n) is 3.52. The number of rotatable bonds is 6. The van der Waals surface area contributed by atoms with Gasteiger partial charge in [0.2, 0.25) is 5.91 Å². The molecule has 2 atom stereocenters. The Balaban J connectivity index is 1.65. The van der Waals surface area contributed by atoms with E-state index in [1.165, 1.54) is 0 Å². The van der Waals surface area contributed by atoms with Gasteiger partial charge in [0.05, 0.1) is 18.7 Å². The van der Waals surface area contributed by atoms with Crippen LogP contribution in [0.3, 0.4) is 0 Å². The van der Waals surface area contributed by atoms with Gasteiger partial charge in [-0.25, -0.2) is 0 Å². The predicted octanol–water partition coefficient (Wildman–Crippen LogP) is 2.27. The van der Waals surface area contributed by atoms with Crippen LogP contribution in [0.25, 0.3) is 0 Å². The fourth-order valence-corrected chi connectivity index (χ4v) is 3.52. The number of nitrogens with zero attached hydrogens (tertiary/aromatic N) is 3. The van der Waals surface area contributed by atoms with Crippen LogP contribution < -0.4 is 10.1 Å². The quantitative estimate of drug-likeness (QED) is 0.865. The topological polar surface area (TPSA) is 78.2 Å². The van der Waals surface area contributed by atoms with Gasteiger partial charge in [-0.15, -0.1) is 0 Å². The second-order valence-electron chi connectivity index (χ2n) is 6.48. The Labute approximate surface area is 153 Å². The highest BCUT2D eigenvalue weighted by Gasteiger charge is 2.38. The number of nitriles is 1. The number of likely N-dealkylation sites (tertiary alicyclic amines) is 1. The van der Waals surface area contributed by atoms with Crippen molar-refractivity contribution in [3.63, 3.8) is 0 Å². The summed E-state index contributed by atoms with van der Waals surface area (Å²) in [7, 11) is 3.41. The van der Waals surface area contributed by atoms with Crippen LogP contribution in [0.1, 0.15) is 29.2 Å². The maximum absolute atomic E-state index is 12.2. The molecule has 0 aliphatic carbocycles. The number of benzene rings is 1. The number of nitrogens with one attached hydrogen (secondary N) is 1. The van der Waals surface area contributed by atoms with E-state index in [1.807, 2.05) is 42.4 Å². The first-order valence-corrected chi connectivity index (χ1v) is 8.57. The molecule has 0 bridgehead atoms. The molecule has 1 aromatic heterocycles. The van der Waals surface area contributed by atoms with E-state index in [1.54, 1.807) is 19.4 Å². The van der Waals surface area contributed by atoms with Crippen molar-refractivity contribution in [3.8, 4) is 11.8 Å². The highest BCUT2D eigenvalue weighted by molar-refractivity contribution is 5.79. The Bertz CT molecular complexity index is 816. The summed E-state index contributed by atoms with van der Waals surface area (Å²) in [6.45, 7) is 1.37. The molecule has 1 saturated heterocycles. The first-order chi connectivity index (χ1) is 12.6. The molecule has 26 heavy (non-hydrogen) atoms. The Morgan fingerprint density at radius 2 is 2.27 bits per heavy atom. The third-order valence-electron chi connectivity index (χ3n) is 4.84. The molecule has 0 unspecified atom stereocenters. The van der Waals surface area contributed by atoms with Gasteiger partial charge in [0.15, 0.2) is 0 Å². The van der Waals surface area contributed by atoms with E-state index in [-0.39, 0.29) is 17.9 Å². The lowest BCUT2D eigenvalue weighted by Gasteiger charge is -2.25. The van der Waals surface area contributed by atoms with Crippen molar-refractivity contribution in [2.24, 2.45) is 5.92 Å². The summed E-state index contributed by atoms with van der Waals surface area (Å²) >= 11 is 0. The van der Waals surface area contributed by atoms with Gasteiger partial charge in [0, 0.05) is 44.9 Å². The second-order valence-corrected chi connectivity index (χ2v) is 6.48. The SMILES string of the molecule is COc1cc(CNC[C@@H]2CC(=O)N(C)[C@H]2c2cccnc2)ccc1C#N. The molecule has 3 rings (SSSR count). The summed E-state index contributed by atoms with van der Waals surface area (Å²) in [6.07, 6.45) is 4.10. The number of aromatic nitrogens is 1. The standard InChI is InChI=1S/C20H22N4O2/c1-24-19(25)9-17(20(24)16-4-3-7-22-12-16)13-23-11-14-5-6-15(10-21)18(8-14)26-2/h3-8,12,17,20,23H,9,11,13H2,1-2H3/t17-,20-/m0/s1. The van der Waals surface area contributed by atoms with E-state index in [4.69, 9.17) is 10.00 Å². The van der Waals surface area contributed by atoms with Crippen molar-refractivity contribution in [1.29, 1.82) is 5.26 Å².